The molecule has 0 spiro atoms. The summed E-state index contributed by atoms with van der Waals surface area (Å²) in [7, 11) is -1.86. The van der Waals surface area contributed by atoms with Crippen LogP contribution in [0.5, 0.6) is 5.75 Å². The molecule has 1 aliphatic heterocycles. The summed E-state index contributed by atoms with van der Waals surface area (Å²) in [5.74, 6) is 1.59. The zero-order valence-corrected chi connectivity index (χ0v) is 17.8. The zero-order valence-electron chi connectivity index (χ0n) is 17.0. The molecule has 0 bridgehead atoms. The first-order chi connectivity index (χ1) is 14.5. The van der Waals surface area contributed by atoms with E-state index in [0.29, 0.717) is 31.1 Å². The van der Waals surface area contributed by atoms with E-state index in [1.165, 1.54) is 0 Å². The predicted octanol–water partition coefficient (Wildman–Crippen LogP) is 2.97. The average molecular weight is 425 g/mol. The zero-order chi connectivity index (χ0) is 21.1. The van der Waals surface area contributed by atoms with Crippen LogP contribution in [0.15, 0.2) is 65.8 Å². The Balaban J connectivity index is 1.48. The third kappa shape index (κ3) is 4.01. The number of hydrogen-bond donors (Lipinski definition) is 0. The molecule has 0 unspecified atom stereocenters. The molecular formula is C22H24N4O3S. The van der Waals surface area contributed by atoms with E-state index in [2.05, 4.69) is 14.9 Å². The number of methoxy groups -OCH3 is 1. The van der Waals surface area contributed by atoms with Gasteiger partial charge in [0.15, 0.2) is 0 Å². The number of hydrogen-bond acceptors (Lipinski definition) is 6. The summed E-state index contributed by atoms with van der Waals surface area (Å²) >= 11 is 0. The standard InChI is InChI=1S/C22H24N4O3S/c1-17-5-3-4-6-21(17)30(27,28)26-13-11-25(12-14-26)22-15-20(23-16-24-22)18-7-9-19(29-2)10-8-18/h3-10,15-16H,11-14H2,1-2H3. The highest BCUT2D eigenvalue weighted by atomic mass is 32.2. The summed E-state index contributed by atoms with van der Waals surface area (Å²) in [4.78, 5) is 11.3. The Morgan fingerprint density at radius 3 is 2.30 bits per heavy atom. The van der Waals surface area contributed by atoms with E-state index in [1.54, 1.807) is 29.9 Å². The van der Waals surface area contributed by atoms with E-state index in [9.17, 15) is 8.42 Å². The first kappa shape index (κ1) is 20.3. The van der Waals surface area contributed by atoms with Gasteiger partial charge in [0.2, 0.25) is 10.0 Å². The van der Waals surface area contributed by atoms with Gasteiger partial charge in [0.1, 0.15) is 17.9 Å². The van der Waals surface area contributed by atoms with Crippen LogP contribution in [-0.2, 0) is 10.0 Å². The van der Waals surface area contributed by atoms with Crippen molar-refractivity contribution < 1.29 is 13.2 Å². The van der Waals surface area contributed by atoms with E-state index in [1.807, 2.05) is 49.4 Å². The number of aryl methyl sites for hydroxylation is 1. The van der Waals surface area contributed by atoms with Crippen LogP contribution < -0.4 is 9.64 Å². The number of anilines is 1. The van der Waals surface area contributed by atoms with Gasteiger partial charge in [-0.2, -0.15) is 4.31 Å². The molecule has 0 radical (unpaired) electrons. The molecule has 0 aliphatic carbocycles. The van der Waals surface area contributed by atoms with Gasteiger partial charge in [-0.3, -0.25) is 0 Å². The van der Waals surface area contributed by atoms with Gasteiger partial charge < -0.3 is 9.64 Å². The van der Waals surface area contributed by atoms with E-state index in [-0.39, 0.29) is 0 Å². The summed E-state index contributed by atoms with van der Waals surface area (Å²) in [6, 6.07) is 16.7. The highest BCUT2D eigenvalue weighted by Gasteiger charge is 2.29. The monoisotopic (exact) mass is 424 g/mol. The lowest BCUT2D eigenvalue weighted by Crippen LogP contribution is -2.49. The molecule has 4 rings (SSSR count). The third-order valence-electron chi connectivity index (χ3n) is 5.31. The van der Waals surface area contributed by atoms with Crippen molar-refractivity contribution in [2.24, 2.45) is 0 Å². The Morgan fingerprint density at radius 1 is 0.933 bits per heavy atom. The molecular weight excluding hydrogens is 400 g/mol. The quantitative estimate of drug-likeness (QED) is 0.627. The van der Waals surface area contributed by atoms with Gasteiger partial charge in [0, 0.05) is 37.8 Å². The second-order valence-corrected chi connectivity index (χ2v) is 9.05. The summed E-state index contributed by atoms with van der Waals surface area (Å²) in [5.41, 5.74) is 2.55. The predicted molar refractivity (Wildman–Crippen MR) is 116 cm³/mol. The van der Waals surface area contributed by atoms with Crippen molar-refractivity contribution in [3.8, 4) is 17.0 Å². The van der Waals surface area contributed by atoms with Gasteiger partial charge >= 0.3 is 0 Å². The fraction of sp³-hybridized carbons (Fsp3) is 0.273. The molecule has 0 amide bonds. The van der Waals surface area contributed by atoms with Crippen molar-refractivity contribution in [2.75, 3.05) is 38.2 Å². The van der Waals surface area contributed by atoms with E-state index in [0.717, 1.165) is 28.4 Å². The van der Waals surface area contributed by atoms with Crippen LogP contribution in [0, 0.1) is 6.92 Å². The van der Waals surface area contributed by atoms with Crippen molar-refractivity contribution in [3.05, 3.63) is 66.5 Å². The molecule has 1 fully saturated rings. The van der Waals surface area contributed by atoms with Crippen LogP contribution in [0.2, 0.25) is 0 Å². The Hall–Kier alpha value is -2.97. The van der Waals surface area contributed by atoms with E-state index < -0.39 is 10.0 Å². The number of sulfonamides is 1. The van der Waals surface area contributed by atoms with Crippen molar-refractivity contribution in [1.82, 2.24) is 14.3 Å². The lowest BCUT2D eigenvalue weighted by molar-refractivity contribution is 0.383. The molecule has 0 atom stereocenters. The van der Waals surface area contributed by atoms with Gasteiger partial charge in [-0.15, -0.1) is 0 Å². The normalized spacial score (nSPS) is 15.2. The van der Waals surface area contributed by atoms with E-state index in [4.69, 9.17) is 4.74 Å². The molecule has 3 aromatic rings. The van der Waals surface area contributed by atoms with Gasteiger partial charge in [-0.05, 0) is 42.8 Å². The Kier molecular flexibility index (Phi) is 5.69. The minimum atomic E-state index is -3.49. The molecule has 2 aromatic carbocycles. The van der Waals surface area contributed by atoms with Crippen molar-refractivity contribution >= 4 is 15.8 Å². The number of aromatic nitrogens is 2. The van der Waals surface area contributed by atoms with Crippen molar-refractivity contribution in [3.63, 3.8) is 0 Å². The van der Waals surface area contributed by atoms with Crippen molar-refractivity contribution in [1.29, 1.82) is 0 Å². The molecule has 0 saturated carbocycles. The SMILES string of the molecule is COc1ccc(-c2cc(N3CCN(S(=O)(=O)c4ccccc4C)CC3)ncn2)cc1. The molecule has 7 nitrogen and oxygen atoms in total. The van der Waals surface area contributed by atoms with Crippen LogP contribution in [-0.4, -0.2) is 56.0 Å². The van der Waals surface area contributed by atoms with Crippen molar-refractivity contribution in [2.45, 2.75) is 11.8 Å². The molecule has 0 N–H and O–H groups in total. The van der Waals surface area contributed by atoms with Gasteiger partial charge in [-0.1, -0.05) is 18.2 Å². The maximum Gasteiger partial charge on any atom is 0.243 e. The lowest BCUT2D eigenvalue weighted by atomic mass is 10.1. The number of piperazine rings is 1. The number of nitrogens with zero attached hydrogens (tertiary/aromatic N) is 4. The van der Waals surface area contributed by atoms with Crippen LogP contribution in [0.3, 0.4) is 0 Å². The van der Waals surface area contributed by atoms with Gasteiger partial charge in [-0.25, -0.2) is 18.4 Å². The minimum Gasteiger partial charge on any atom is -0.497 e. The van der Waals surface area contributed by atoms with Gasteiger partial charge in [0.05, 0.1) is 17.7 Å². The van der Waals surface area contributed by atoms with Gasteiger partial charge in [0.25, 0.3) is 0 Å². The average Bonchev–Trinajstić information content (AvgIpc) is 2.79. The topological polar surface area (TPSA) is 75.6 Å². The highest BCUT2D eigenvalue weighted by molar-refractivity contribution is 7.89. The smallest absolute Gasteiger partial charge is 0.243 e. The number of rotatable bonds is 5. The largest absolute Gasteiger partial charge is 0.497 e. The van der Waals surface area contributed by atoms with Crippen LogP contribution in [0.25, 0.3) is 11.3 Å². The maximum absolute atomic E-state index is 13.0. The van der Waals surface area contributed by atoms with E-state index >= 15 is 0 Å². The molecule has 2 heterocycles. The molecule has 30 heavy (non-hydrogen) atoms. The number of benzene rings is 2. The van der Waals surface area contributed by atoms with Crippen LogP contribution in [0.1, 0.15) is 5.56 Å². The molecule has 1 aliphatic rings. The van der Waals surface area contributed by atoms with Crippen LogP contribution >= 0.6 is 0 Å². The molecule has 8 heteroatoms. The fourth-order valence-corrected chi connectivity index (χ4v) is 5.23. The summed E-state index contributed by atoms with van der Waals surface area (Å²) in [6.45, 7) is 3.80. The molecule has 156 valence electrons. The maximum atomic E-state index is 13.0. The minimum absolute atomic E-state index is 0.377. The second kappa shape index (κ2) is 8.41. The summed E-state index contributed by atoms with van der Waals surface area (Å²) in [5, 5.41) is 0. The third-order valence-corrected chi connectivity index (χ3v) is 7.37. The summed E-state index contributed by atoms with van der Waals surface area (Å²) < 4.78 is 32.8. The first-order valence-corrected chi connectivity index (χ1v) is 11.2. The summed E-state index contributed by atoms with van der Waals surface area (Å²) in [6.07, 6.45) is 1.55. The highest BCUT2D eigenvalue weighted by Crippen LogP contribution is 2.25. The first-order valence-electron chi connectivity index (χ1n) is 9.76. The Morgan fingerprint density at radius 2 is 1.63 bits per heavy atom. The Bertz CT molecular complexity index is 1130. The Labute approximate surface area is 177 Å². The second-order valence-electron chi connectivity index (χ2n) is 7.15. The molecule has 1 saturated heterocycles. The number of ether oxygens (including phenoxy) is 1. The lowest BCUT2D eigenvalue weighted by Gasteiger charge is -2.34. The fourth-order valence-electron chi connectivity index (χ4n) is 3.58. The molecule has 1 aromatic heterocycles. The van der Waals surface area contributed by atoms with Crippen LogP contribution in [0.4, 0.5) is 5.82 Å².